The first-order valence-electron chi connectivity index (χ1n) is 11.5. The van der Waals surface area contributed by atoms with Crippen LogP contribution in [0.2, 0.25) is 0 Å². The van der Waals surface area contributed by atoms with E-state index in [0.717, 1.165) is 29.6 Å². The molecule has 174 valence electrons. The molecule has 1 amide bonds. The van der Waals surface area contributed by atoms with Gasteiger partial charge in [0.05, 0.1) is 0 Å². The van der Waals surface area contributed by atoms with Crippen LogP contribution in [0.25, 0.3) is 10.9 Å². The van der Waals surface area contributed by atoms with E-state index in [9.17, 15) is 14.7 Å². The number of anilines is 2. The molecule has 1 fully saturated rings. The molecule has 1 atom stereocenters. The van der Waals surface area contributed by atoms with Gasteiger partial charge in [0.25, 0.3) is 0 Å². The van der Waals surface area contributed by atoms with Gasteiger partial charge in [-0.2, -0.15) is 0 Å². The van der Waals surface area contributed by atoms with E-state index in [1.165, 1.54) is 16.8 Å². The van der Waals surface area contributed by atoms with E-state index in [-0.39, 0.29) is 11.8 Å². The number of hydrogen-bond acceptors (Lipinski definition) is 4. The van der Waals surface area contributed by atoms with Crippen LogP contribution in [0.5, 0.6) is 0 Å². The summed E-state index contributed by atoms with van der Waals surface area (Å²) in [6.07, 6.45) is 1.79. The third kappa shape index (κ3) is 4.73. The molecule has 1 saturated heterocycles. The molecule has 0 saturated carbocycles. The lowest BCUT2D eigenvalue weighted by atomic mass is 10.0. The van der Waals surface area contributed by atoms with Crippen LogP contribution in [-0.2, 0) is 9.59 Å². The van der Waals surface area contributed by atoms with Gasteiger partial charge in [0.2, 0.25) is 5.91 Å². The largest absolute Gasteiger partial charge is 0.480 e. The number of aromatic amines is 1. The van der Waals surface area contributed by atoms with E-state index in [0.29, 0.717) is 18.8 Å². The maximum atomic E-state index is 12.3. The van der Waals surface area contributed by atoms with E-state index in [1.54, 1.807) is 6.20 Å². The molecule has 0 aliphatic carbocycles. The van der Waals surface area contributed by atoms with E-state index < -0.39 is 12.0 Å². The van der Waals surface area contributed by atoms with Gasteiger partial charge < -0.3 is 20.3 Å². The fourth-order valence-corrected chi connectivity index (χ4v) is 4.61. The maximum Gasteiger partial charge on any atom is 0.325 e. The number of hydrogen-bond donors (Lipinski definition) is 3. The number of carboxylic acid groups (broad SMARTS) is 1. The molecule has 3 aromatic rings. The summed E-state index contributed by atoms with van der Waals surface area (Å²) in [6.45, 7) is 10.8. The quantitative estimate of drug-likeness (QED) is 0.522. The molecule has 2 heterocycles. The molecule has 0 radical (unpaired) electrons. The molecular formula is C26H32N4O3. The Hall–Kier alpha value is -3.32. The van der Waals surface area contributed by atoms with E-state index in [4.69, 9.17) is 0 Å². The summed E-state index contributed by atoms with van der Waals surface area (Å²) in [4.78, 5) is 31.9. The third-order valence-electron chi connectivity index (χ3n) is 6.41. The predicted molar refractivity (Wildman–Crippen MR) is 132 cm³/mol. The van der Waals surface area contributed by atoms with E-state index >= 15 is 0 Å². The minimum absolute atomic E-state index is 0.0498. The molecule has 1 aromatic heterocycles. The maximum absolute atomic E-state index is 12.3. The highest BCUT2D eigenvalue weighted by Gasteiger charge is 2.32. The van der Waals surface area contributed by atoms with Gasteiger partial charge in [0.15, 0.2) is 0 Å². The normalized spacial score (nSPS) is 15.7. The second kappa shape index (κ2) is 9.27. The highest BCUT2D eigenvalue weighted by Crippen LogP contribution is 2.32. The first kappa shape index (κ1) is 22.9. The van der Waals surface area contributed by atoms with Crippen LogP contribution in [0.15, 0.2) is 42.6 Å². The van der Waals surface area contributed by atoms with Crippen molar-refractivity contribution in [3.8, 4) is 0 Å². The predicted octanol–water partition coefficient (Wildman–Crippen LogP) is 4.33. The van der Waals surface area contributed by atoms with Crippen molar-refractivity contribution in [1.82, 2.24) is 9.88 Å². The van der Waals surface area contributed by atoms with Crippen molar-refractivity contribution in [2.45, 2.75) is 33.7 Å². The Bertz CT molecular complexity index is 1180. The second-order valence-electron chi connectivity index (χ2n) is 9.20. The minimum atomic E-state index is -0.854. The fourth-order valence-electron chi connectivity index (χ4n) is 4.61. The highest BCUT2D eigenvalue weighted by molar-refractivity contribution is 5.96. The minimum Gasteiger partial charge on any atom is -0.480 e. The SMILES string of the molecule is Cc1ccc(N2CCN([C@H](C(=O)O)c3c[nH]c4cc(NC(=O)C(C)C)ccc34)CC2)c(C)c1. The number of aryl methyl sites for hydroxylation is 2. The molecule has 3 N–H and O–H groups in total. The van der Waals surface area contributed by atoms with Crippen molar-refractivity contribution in [2.24, 2.45) is 5.92 Å². The van der Waals surface area contributed by atoms with Crippen molar-refractivity contribution in [3.63, 3.8) is 0 Å². The van der Waals surface area contributed by atoms with Gasteiger partial charge >= 0.3 is 5.97 Å². The third-order valence-corrected chi connectivity index (χ3v) is 6.41. The Morgan fingerprint density at radius 3 is 2.39 bits per heavy atom. The number of carboxylic acids is 1. The number of aliphatic carboxylic acids is 1. The highest BCUT2D eigenvalue weighted by atomic mass is 16.4. The van der Waals surface area contributed by atoms with Gasteiger partial charge in [-0.25, -0.2) is 0 Å². The summed E-state index contributed by atoms with van der Waals surface area (Å²) in [5, 5.41) is 13.9. The number of nitrogens with zero attached hydrogens (tertiary/aromatic N) is 2. The number of H-pyrrole nitrogens is 1. The zero-order chi connectivity index (χ0) is 23.7. The molecule has 2 aromatic carbocycles. The Kier molecular flexibility index (Phi) is 6.42. The standard InChI is InChI=1S/C26H32N4O3/c1-16(2)25(31)28-19-6-7-20-21(15-27-22(20)14-19)24(26(32)33)30-11-9-29(10-12-30)23-8-5-17(3)13-18(23)4/h5-8,13-16,24,27H,9-12H2,1-4H3,(H,28,31)(H,32,33)/t24-/m0/s1. The Morgan fingerprint density at radius 1 is 1.03 bits per heavy atom. The van der Waals surface area contributed by atoms with Crippen LogP contribution in [0, 0.1) is 19.8 Å². The lowest BCUT2D eigenvalue weighted by Gasteiger charge is -2.39. The number of piperazine rings is 1. The first-order chi connectivity index (χ1) is 15.7. The number of rotatable bonds is 6. The van der Waals surface area contributed by atoms with E-state index in [1.807, 2.05) is 36.9 Å². The fraction of sp³-hybridized carbons (Fsp3) is 0.385. The zero-order valence-electron chi connectivity index (χ0n) is 19.7. The average molecular weight is 449 g/mol. The van der Waals surface area contributed by atoms with Gasteiger partial charge in [0.1, 0.15) is 6.04 Å². The summed E-state index contributed by atoms with van der Waals surface area (Å²) in [7, 11) is 0. The van der Waals surface area contributed by atoms with Gasteiger partial charge in [-0.3, -0.25) is 14.5 Å². The van der Waals surface area contributed by atoms with Crippen LogP contribution in [0.4, 0.5) is 11.4 Å². The molecule has 1 aliphatic rings. The van der Waals surface area contributed by atoms with Crippen LogP contribution < -0.4 is 10.2 Å². The van der Waals surface area contributed by atoms with E-state index in [2.05, 4.69) is 47.2 Å². The molecule has 1 aliphatic heterocycles. The van der Waals surface area contributed by atoms with Crippen LogP contribution in [0.1, 0.15) is 36.6 Å². The molecule has 7 heteroatoms. The number of carbonyl (C=O) groups is 2. The summed E-state index contributed by atoms with van der Waals surface area (Å²) >= 11 is 0. The number of amides is 1. The van der Waals surface area contributed by atoms with Gasteiger partial charge in [-0.1, -0.05) is 37.6 Å². The van der Waals surface area contributed by atoms with Crippen LogP contribution in [-0.4, -0.2) is 53.0 Å². The molecule has 0 unspecified atom stereocenters. The molecule has 0 spiro atoms. The zero-order valence-corrected chi connectivity index (χ0v) is 19.7. The van der Waals surface area contributed by atoms with Gasteiger partial charge in [-0.05, 0) is 37.6 Å². The Labute approximate surface area is 194 Å². The van der Waals surface area contributed by atoms with Crippen molar-refractivity contribution in [3.05, 3.63) is 59.3 Å². The van der Waals surface area contributed by atoms with Gasteiger partial charge in [0, 0.05) is 66.1 Å². The van der Waals surface area contributed by atoms with Crippen molar-refractivity contribution >= 4 is 34.2 Å². The lowest BCUT2D eigenvalue weighted by molar-refractivity contribution is -0.143. The second-order valence-corrected chi connectivity index (χ2v) is 9.20. The van der Waals surface area contributed by atoms with Crippen LogP contribution in [0.3, 0.4) is 0 Å². The number of carbonyl (C=O) groups excluding carboxylic acids is 1. The van der Waals surface area contributed by atoms with Crippen LogP contribution >= 0.6 is 0 Å². The number of nitrogens with one attached hydrogen (secondary N) is 2. The summed E-state index contributed by atoms with van der Waals surface area (Å²) < 4.78 is 0. The average Bonchev–Trinajstić information content (AvgIpc) is 3.17. The first-order valence-corrected chi connectivity index (χ1v) is 11.5. The summed E-state index contributed by atoms with van der Waals surface area (Å²) in [5.41, 5.74) is 5.96. The topological polar surface area (TPSA) is 88.7 Å². The Morgan fingerprint density at radius 2 is 1.76 bits per heavy atom. The van der Waals surface area contributed by atoms with Crippen molar-refractivity contribution in [2.75, 3.05) is 36.4 Å². The smallest absolute Gasteiger partial charge is 0.325 e. The van der Waals surface area contributed by atoms with Gasteiger partial charge in [-0.15, -0.1) is 0 Å². The molecular weight excluding hydrogens is 416 g/mol. The monoisotopic (exact) mass is 448 g/mol. The summed E-state index contributed by atoms with van der Waals surface area (Å²) in [5.74, 6) is -1.02. The summed E-state index contributed by atoms with van der Waals surface area (Å²) in [6, 6.07) is 11.3. The lowest BCUT2D eigenvalue weighted by Crippen LogP contribution is -2.49. The molecule has 33 heavy (non-hydrogen) atoms. The Balaban J connectivity index is 1.53. The number of benzene rings is 2. The molecule has 0 bridgehead atoms. The number of aromatic nitrogens is 1. The van der Waals surface area contributed by atoms with Crippen molar-refractivity contribution < 1.29 is 14.7 Å². The molecule has 7 nitrogen and oxygen atoms in total. The van der Waals surface area contributed by atoms with Crippen molar-refractivity contribution in [1.29, 1.82) is 0 Å². The number of fused-ring (bicyclic) bond motifs is 1. The molecule has 4 rings (SSSR count).